The van der Waals surface area contributed by atoms with Crippen LogP contribution < -0.4 is 10.6 Å². The quantitative estimate of drug-likeness (QED) is 0.791. The van der Waals surface area contributed by atoms with Gasteiger partial charge in [-0.25, -0.2) is 4.79 Å². The van der Waals surface area contributed by atoms with Crippen LogP contribution in [0, 0.1) is 5.92 Å². The maximum Gasteiger partial charge on any atom is 0.407 e. The van der Waals surface area contributed by atoms with Crippen molar-refractivity contribution in [3.05, 3.63) is 0 Å². The standard InChI is InChI=1S/C17H35N3O2/c1-12(2)15(11-20(6)7)18-13-8-9-14(10-13)19-16(21)22-17(3,4)5/h12-15,18H,8-11H2,1-7H3,(H,19,21). The molecular weight excluding hydrogens is 278 g/mol. The third kappa shape index (κ3) is 7.45. The van der Waals surface area contributed by atoms with E-state index in [9.17, 15) is 4.79 Å². The largest absolute Gasteiger partial charge is 0.444 e. The molecule has 2 N–H and O–H groups in total. The number of nitrogens with one attached hydrogen (secondary N) is 2. The number of hydrogen-bond donors (Lipinski definition) is 2. The van der Waals surface area contributed by atoms with E-state index in [0.717, 1.165) is 25.8 Å². The van der Waals surface area contributed by atoms with Crippen LogP contribution in [0.5, 0.6) is 0 Å². The molecule has 5 nitrogen and oxygen atoms in total. The van der Waals surface area contributed by atoms with Gasteiger partial charge < -0.3 is 20.3 Å². The molecule has 3 atom stereocenters. The van der Waals surface area contributed by atoms with Crippen molar-refractivity contribution in [3.63, 3.8) is 0 Å². The lowest BCUT2D eigenvalue weighted by Gasteiger charge is -2.29. The van der Waals surface area contributed by atoms with Gasteiger partial charge in [-0.2, -0.15) is 0 Å². The predicted octanol–water partition coefficient (Wildman–Crippen LogP) is 2.61. The van der Waals surface area contributed by atoms with Crippen molar-refractivity contribution < 1.29 is 9.53 Å². The summed E-state index contributed by atoms with van der Waals surface area (Å²) in [6.07, 6.45) is 2.81. The molecule has 0 bridgehead atoms. The van der Waals surface area contributed by atoms with Crippen molar-refractivity contribution in [2.24, 2.45) is 5.92 Å². The van der Waals surface area contributed by atoms with E-state index < -0.39 is 5.60 Å². The summed E-state index contributed by atoms with van der Waals surface area (Å²) in [5, 5.41) is 6.76. The molecule has 1 saturated carbocycles. The summed E-state index contributed by atoms with van der Waals surface area (Å²) < 4.78 is 5.33. The molecule has 1 amide bonds. The lowest BCUT2D eigenvalue weighted by Crippen LogP contribution is -2.47. The van der Waals surface area contributed by atoms with E-state index in [1.165, 1.54) is 0 Å². The Morgan fingerprint density at radius 3 is 2.32 bits per heavy atom. The van der Waals surface area contributed by atoms with Gasteiger partial charge >= 0.3 is 6.09 Å². The lowest BCUT2D eigenvalue weighted by molar-refractivity contribution is 0.0505. The maximum absolute atomic E-state index is 11.8. The number of hydrogen-bond acceptors (Lipinski definition) is 4. The third-order valence-electron chi connectivity index (χ3n) is 3.97. The SMILES string of the molecule is CC(C)C(CN(C)C)NC1CCC(NC(=O)OC(C)(C)C)C1. The first-order chi connectivity index (χ1) is 10.1. The zero-order valence-corrected chi connectivity index (χ0v) is 15.4. The highest BCUT2D eigenvalue weighted by Gasteiger charge is 2.29. The summed E-state index contributed by atoms with van der Waals surface area (Å²) >= 11 is 0. The summed E-state index contributed by atoms with van der Waals surface area (Å²) in [7, 11) is 4.22. The predicted molar refractivity (Wildman–Crippen MR) is 91.1 cm³/mol. The summed E-state index contributed by atoms with van der Waals surface area (Å²) in [6, 6.07) is 1.19. The number of ether oxygens (including phenoxy) is 1. The minimum absolute atomic E-state index is 0.222. The molecule has 1 rings (SSSR count). The Bertz CT molecular complexity index is 350. The molecule has 0 aliphatic heterocycles. The fourth-order valence-corrected chi connectivity index (χ4v) is 2.89. The second-order valence-electron chi connectivity index (χ2n) is 8.13. The van der Waals surface area contributed by atoms with E-state index in [4.69, 9.17) is 4.74 Å². The smallest absolute Gasteiger partial charge is 0.407 e. The fraction of sp³-hybridized carbons (Fsp3) is 0.941. The Balaban J connectivity index is 2.40. The Morgan fingerprint density at radius 1 is 1.23 bits per heavy atom. The van der Waals surface area contributed by atoms with Crippen molar-refractivity contribution in [2.75, 3.05) is 20.6 Å². The zero-order chi connectivity index (χ0) is 16.9. The monoisotopic (exact) mass is 313 g/mol. The molecule has 1 fully saturated rings. The minimum atomic E-state index is -0.436. The Labute approximate surface area is 136 Å². The van der Waals surface area contributed by atoms with E-state index in [-0.39, 0.29) is 12.1 Å². The molecule has 22 heavy (non-hydrogen) atoms. The van der Waals surface area contributed by atoms with E-state index in [0.29, 0.717) is 18.0 Å². The van der Waals surface area contributed by atoms with Crippen molar-refractivity contribution in [1.82, 2.24) is 15.5 Å². The number of alkyl carbamates (subject to hydrolysis) is 1. The molecule has 0 aromatic carbocycles. The Hall–Kier alpha value is -0.810. The molecule has 130 valence electrons. The molecule has 0 saturated heterocycles. The fourth-order valence-electron chi connectivity index (χ4n) is 2.89. The van der Waals surface area contributed by atoms with Crippen LogP contribution in [-0.4, -0.2) is 55.4 Å². The first kappa shape index (κ1) is 19.2. The Kier molecular flexibility index (Phi) is 7.13. The van der Waals surface area contributed by atoms with Gasteiger partial charge in [0.2, 0.25) is 0 Å². The topological polar surface area (TPSA) is 53.6 Å². The first-order valence-corrected chi connectivity index (χ1v) is 8.47. The van der Waals surface area contributed by atoms with Crippen LogP contribution in [0.4, 0.5) is 4.79 Å². The van der Waals surface area contributed by atoms with E-state index in [2.05, 4.69) is 43.5 Å². The highest BCUT2D eigenvalue weighted by molar-refractivity contribution is 5.68. The molecule has 0 aromatic rings. The van der Waals surface area contributed by atoms with Gasteiger partial charge in [-0.15, -0.1) is 0 Å². The van der Waals surface area contributed by atoms with Gasteiger partial charge in [-0.05, 0) is 60.0 Å². The van der Waals surface area contributed by atoms with Crippen molar-refractivity contribution in [1.29, 1.82) is 0 Å². The van der Waals surface area contributed by atoms with Crippen LogP contribution in [0.15, 0.2) is 0 Å². The van der Waals surface area contributed by atoms with E-state index >= 15 is 0 Å². The number of carbonyl (C=O) groups excluding carboxylic acids is 1. The number of nitrogens with zero attached hydrogens (tertiary/aromatic N) is 1. The van der Waals surface area contributed by atoms with Gasteiger partial charge in [-0.1, -0.05) is 13.8 Å². The van der Waals surface area contributed by atoms with Crippen molar-refractivity contribution in [2.45, 2.75) is 77.6 Å². The van der Waals surface area contributed by atoms with Gasteiger partial charge in [-0.3, -0.25) is 0 Å². The normalized spacial score (nSPS) is 23.9. The second-order valence-corrected chi connectivity index (χ2v) is 8.13. The van der Waals surface area contributed by atoms with Crippen LogP contribution in [-0.2, 0) is 4.74 Å². The number of amides is 1. The molecule has 3 unspecified atom stereocenters. The summed E-state index contributed by atoms with van der Waals surface area (Å²) in [6.45, 7) is 11.2. The molecule has 5 heteroatoms. The molecule has 1 aliphatic rings. The van der Waals surface area contributed by atoms with Crippen LogP contribution in [0.3, 0.4) is 0 Å². The van der Waals surface area contributed by atoms with E-state index in [1.807, 2.05) is 20.8 Å². The summed E-state index contributed by atoms with van der Waals surface area (Å²) in [5.41, 5.74) is -0.436. The van der Waals surface area contributed by atoms with Gasteiger partial charge in [0.05, 0.1) is 0 Å². The van der Waals surface area contributed by atoms with Gasteiger partial charge in [0.1, 0.15) is 5.60 Å². The first-order valence-electron chi connectivity index (χ1n) is 8.47. The minimum Gasteiger partial charge on any atom is -0.444 e. The molecule has 1 aliphatic carbocycles. The number of rotatable bonds is 6. The number of likely N-dealkylation sites (N-methyl/N-ethyl adjacent to an activating group) is 1. The lowest BCUT2D eigenvalue weighted by atomic mass is 10.0. The van der Waals surface area contributed by atoms with Gasteiger partial charge in [0, 0.05) is 24.7 Å². The highest BCUT2D eigenvalue weighted by atomic mass is 16.6. The van der Waals surface area contributed by atoms with Crippen LogP contribution in [0.25, 0.3) is 0 Å². The molecule has 0 heterocycles. The van der Waals surface area contributed by atoms with Gasteiger partial charge in [0.15, 0.2) is 0 Å². The maximum atomic E-state index is 11.8. The summed E-state index contributed by atoms with van der Waals surface area (Å²) in [4.78, 5) is 14.1. The van der Waals surface area contributed by atoms with Crippen molar-refractivity contribution >= 4 is 6.09 Å². The average Bonchev–Trinajstić information content (AvgIpc) is 2.72. The zero-order valence-electron chi connectivity index (χ0n) is 15.4. The highest BCUT2D eigenvalue weighted by Crippen LogP contribution is 2.21. The van der Waals surface area contributed by atoms with Crippen LogP contribution >= 0.6 is 0 Å². The van der Waals surface area contributed by atoms with Crippen LogP contribution in [0.1, 0.15) is 53.9 Å². The third-order valence-corrected chi connectivity index (χ3v) is 3.97. The number of carbonyl (C=O) groups is 1. The molecule has 0 aromatic heterocycles. The molecule has 0 spiro atoms. The van der Waals surface area contributed by atoms with Crippen LogP contribution in [0.2, 0.25) is 0 Å². The molecule has 0 radical (unpaired) electrons. The van der Waals surface area contributed by atoms with E-state index in [1.54, 1.807) is 0 Å². The average molecular weight is 313 g/mol. The van der Waals surface area contributed by atoms with Crippen molar-refractivity contribution in [3.8, 4) is 0 Å². The summed E-state index contributed by atoms with van der Waals surface area (Å²) in [5.74, 6) is 0.597. The van der Waals surface area contributed by atoms with Gasteiger partial charge in [0.25, 0.3) is 0 Å². The second kappa shape index (κ2) is 8.16. The Morgan fingerprint density at radius 2 is 1.82 bits per heavy atom. The molecular formula is C17H35N3O2.